The molecule has 2 aliphatic carbocycles. The van der Waals surface area contributed by atoms with Gasteiger partial charge >= 0.3 is 0 Å². The molecule has 10 heteroatoms. The summed E-state index contributed by atoms with van der Waals surface area (Å²) in [5.41, 5.74) is 8.38. The number of non-ortho nitro benzene ring substituents is 1. The molecule has 0 aromatic heterocycles. The molecule has 4 nitrogen and oxygen atoms in total. The zero-order valence-electron chi connectivity index (χ0n) is 61.7. The van der Waals surface area contributed by atoms with E-state index in [0.29, 0.717) is 50.7 Å². The number of nitro groups is 1. The van der Waals surface area contributed by atoms with Crippen LogP contribution in [0.25, 0.3) is 0 Å². The van der Waals surface area contributed by atoms with Crippen LogP contribution in [0.2, 0.25) is 24.7 Å². The Morgan fingerprint density at radius 2 is 0.759 bits per heavy atom. The number of nitro benzene ring substituents is 1. The van der Waals surface area contributed by atoms with Gasteiger partial charge in [0.25, 0.3) is 5.69 Å². The molecule has 0 aliphatic heterocycles. The normalized spacial score (nSPS) is 12.9. The second-order valence-corrected chi connectivity index (χ2v) is 32.6. The molecule has 0 atom stereocenters. The van der Waals surface area contributed by atoms with Crippen molar-refractivity contribution in [2.45, 2.75) is 308 Å². The topological polar surface area (TPSA) is 52.4 Å². The largest absolute Gasteiger partial charge is 0.497 e. The second kappa shape index (κ2) is 62.9. The van der Waals surface area contributed by atoms with E-state index in [1.165, 1.54) is 106 Å². The van der Waals surface area contributed by atoms with Gasteiger partial charge in [0.15, 0.2) is 0 Å². The number of halogens is 1. The molecule has 4 aromatic rings. The van der Waals surface area contributed by atoms with Crippen molar-refractivity contribution in [2.24, 2.45) is 27.1 Å². The molecule has 87 heavy (non-hydrogen) atoms. The number of ether oxygens (including phenoxy) is 1. The minimum Gasteiger partial charge on any atom is -0.497 e. The summed E-state index contributed by atoms with van der Waals surface area (Å²) in [6, 6.07) is 33.4. The average molecular weight is 2140 g/mol. The number of hydrogen-bond acceptors (Lipinski definition) is 3. The third-order valence-corrected chi connectivity index (χ3v) is 13.9. The molecule has 2 fully saturated rings. The maximum Gasteiger partial charge on any atom is 0.269 e. The Bertz CT molecular complexity index is 2010. The van der Waals surface area contributed by atoms with E-state index in [0.717, 1.165) is 16.3 Å². The molecule has 499 valence electrons. The molecule has 2 saturated carbocycles. The third-order valence-electron chi connectivity index (χ3n) is 13.7. The van der Waals surface area contributed by atoms with Crippen molar-refractivity contribution in [1.82, 2.24) is 0 Å². The SMILES string of the molecule is C.CC(C)(C)C.CC(C)c1ccc(Cl)cc1.CC(C)c1ccc([N+](=O)[O-])cc1.CC(C)c1ccccc1.CC1(C)CCCC1.CC1(C)CCCCC1.CCC(C)(C)C.CCC(C)(C)CC.COc1ccc(C(C)C)cc1.C[CH-]C.C[Si](C)C.[U].[U].[U].[U]. The third kappa shape index (κ3) is 79.2. The molecular formula is C77H140ClNO3SiU4-. The zero-order valence-corrected chi connectivity index (χ0v) is 80.1. The van der Waals surface area contributed by atoms with Crippen molar-refractivity contribution in [2.75, 3.05) is 7.11 Å². The van der Waals surface area contributed by atoms with Gasteiger partial charge in [-0.1, -0.05) is 323 Å². The number of methoxy groups -OCH3 is 1. The predicted octanol–water partition coefficient (Wildman–Crippen LogP) is 27.9. The maximum atomic E-state index is 10.3. The van der Waals surface area contributed by atoms with Crippen LogP contribution in [0, 0.1) is 168 Å². The first-order chi connectivity index (χ1) is 37.6. The van der Waals surface area contributed by atoms with E-state index < -0.39 is 0 Å². The molecule has 0 bridgehead atoms. The molecule has 0 saturated heterocycles. The molecular weight excluding hydrogens is 2000 g/mol. The molecule has 0 N–H and O–H groups in total. The Kier molecular flexibility index (Phi) is 79.0. The van der Waals surface area contributed by atoms with E-state index in [1.807, 2.05) is 50.6 Å². The van der Waals surface area contributed by atoms with Crippen LogP contribution in [0.15, 0.2) is 103 Å². The van der Waals surface area contributed by atoms with Gasteiger partial charge in [0.05, 0.1) is 12.0 Å². The predicted molar refractivity (Wildman–Crippen MR) is 384 cm³/mol. The van der Waals surface area contributed by atoms with E-state index in [1.54, 1.807) is 19.2 Å². The van der Waals surface area contributed by atoms with Gasteiger partial charge in [0, 0.05) is 150 Å². The maximum absolute atomic E-state index is 10.3. The van der Waals surface area contributed by atoms with Gasteiger partial charge in [-0.05, 0) is 123 Å². The molecule has 4 aromatic carbocycles. The molecule has 0 spiro atoms. The fraction of sp³-hybridized carbons (Fsp3) is 0.675. The second-order valence-electron chi connectivity index (χ2n) is 29.2. The first-order valence-electron chi connectivity index (χ1n) is 31.8. The number of hydrogen-bond donors (Lipinski definition) is 0. The fourth-order valence-electron chi connectivity index (χ4n) is 6.75. The summed E-state index contributed by atoms with van der Waals surface area (Å²) >= 11 is 5.72. The summed E-state index contributed by atoms with van der Waals surface area (Å²) in [4.78, 5) is 9.90. The quantitative estimate of drug-likeness (QED) is 0.0765. The van der Waals surface area contributed by atoms with Gasteiger partial charge in [-0.3, -0.25) is 10.1 Å². The number of nitrogens with zero attached hydrogens (tertiary/aromatic N) is 1. The van der Waals surface area contributed by atoms with E-state index in [-0.39, 0.29) is 151 Å². The molecule has 1 radical (unpaired) electrons. The van der Waals surface area contributed by atoms with Crippen LogP contribution < -0.4 is 4.74 Å². The average Bonchev–Trinajstić information content (AvgIpc) is 3.80. The first kappa shape index (κ1) is 109. The zero-order chi connectivity index (χ0) is 64.9. The van der Waals surface area contributed by atoms with Gasteiger partial charge in [0.2, 0.25) is 0 Å². The van der Waals surface area contributed by atoms with Gasteiger partial charge in [-0.15, -0.1) is 0 Å². The van der Waals surface area contributed by atoms with Crippen LogP contribution in [0.4, 0.5) is 5.69 Å². The Morgan fingerprint density at radius 1 is 0.517 bits per heavy atom. The van der Waals surface area contributed by atoms with Crippen molar-refractivity contribution in [3.05, 3.63) is 147 Å². The molecule has 0 amide bonds. The van der Waals surface area contributed by atoms with E-state index >= 15 is 0 Å². The number of benzene rings is 4. The summed E-state index contributed by atoms with van der Waals surface area (Å²) in [7, 11) is 1.81. The molecule has 0 heterocycles. The minimum absolute atomic E-state index is 0. The van der Waals surface area contributed by atoms with Crippen LogP contribution in [0.5, 0.6) is 5.75 Å². The van der Waals surface area contributed by atoms with E-state index in [2.05, 4.69) is 234 Å². The van der Waals surface area contributed by atoms with Crippen molar-refractivity contribution < 1.29 is 134 Å². The van der Waals surface area contributed by atoms with Gasteiger partial charge < -0.3 is 11.2 Å². The smallest absolute Gasteiger partial charge is 0.269 e. The van der Waals surface area contributed by atoms with Crippen LogP contribution in [0.3, 0.4) is 0 Å². The van der Waals surface area contributed by atoms with Crippen molar-refractivity contribution >= 4 is 26.1 Å². The Balaban J connectivity index is -0.0000000947. The summed E-state index contributed by atoms with van der Waals surface area (Å²) < 4.78 is 5.05. The van der Waals surface area contributed by atoms with Crippen LogP contribution in [-0.4, -0.2) is 20.8 Å². The van der Waals surface area contributed by atoms with E-state index in [4.69, 9.17) is 16.3 Å². The van der Waals surface area contributed by atoms with E-state index in [9.17, 15) is 10.1 Å². The molecule has 2 aliphatic rings. The Labute approximate surface area is 647 Å². The number of rotatable bonds is 8. The van der Waals surface area contributed by atoms with Crippen LogP contribution in [0.1, 0.15) is 310 Å². The summed E-state index contributed by atoms with van der Waals surface area (Å²) in [6.07, 6.45) is 19.0. The van der Waals surface area contributed by atoms with Gasteiger partial charge in [-0.2, -0.15) is 13.8 Å². The van der Waals surface area contributed by atoms with Crippen LogP contribution in [-0.2, 0) is 0 Å². The summed E-state index contributed by atoms with van der Waals surface area (Å²) in [5.74, 6) is 3.20. The summed E-state index contributed by atoms with van der Waals surface area (Å²) in [6.45, 7) is 64.3. The van der Waals surface area contributed by atoms with Crippen molar-refractivity contribution in [3.63, 3.8) is 0 Å². The van der Waals surface area contributed by atoms with Gasteiger partial charge in [-0.25, -0.2) is 0 Å². The fourth-order valence-corrected chi connectivity index (χ4v) is 6.87. The standard InChI is InChI=1S/C10H14O.C9H11Cl.C9H11NO2.C9H12.C8H16.C7H14.C7H16.C6H14.C5H12.C3H9Si.C3H7.CH4.4U/c1-8(2)9-4-6-10(11-3)7-5-9;1-7(2)8-3-5-9(10)6-4-8;1-7(2)8-3-5-9(6-4-8)10(11)12;1-8(2)9-6-4-3-5-7-9;1-8(2)6-4-3-5-7-8;1-7(2)5-3-4-6-7;1-5-7(3,4)6-2;1-5-6(2,3)4;1-5(2,3)4;1-4(2)3;1-3-2;;;;;/h4-8H,1-3H3;3-7H,1-2H3;3-7H,1-2H3;3-8H,1-2H3;3-7H2,1-2H3;3-6H2,1-2H3;5-6H2,1-4H3;5H2,1-4H3;1-4H3;1-3H3;3H,1-2H3;1H4;;;;/q;;;;;;;;;;-1;;;;;. The van der Waals surface area contributed by atoms with Crippen molar-refractivity contribution in [3.8, 4) is 5.75 Å². The molecule has 0 unspecified atom stereocenters. The Morgan fingerprint density at radius 3 is 0.931 bits per heavy atom. The monoisotopic (exact) mass is 2140 g/mol. The van der Waals surface area contributed by atoms with Gasteiger partial charge in [0.1, 0.15) is 5.75 Å². The van der Waals surface area contributed by atoms with Crippen LogP contribution >= 0.6 is 11.6 Å². The first-order valence-corrected chi connectivity index (χ1v) is 35.2. The minimum atomic E-state index is -0.385. The summed E-state index contributed by atoms with van der Waals surface area (Å²) in [5, 5.41) is 11.1. The molecule has 6 rings (SSSR count). The Hall–Kier alpha value is 0.795. The van der Waals surface area contributed by atoms with Crippen molar-refractivity contribution in [1.29, 1.82) is 0 Å².